The van der Waals surface area contributed by atoms with E-state index in [1.54, 1.807) is 0 Å². The van der Waals surface area contributed by atoms with E-state index in [4.69, 9.17) is 14.7 Å². The second-order valence-electron chi connectivity index (χ2n) is 0.224. The van der Waals surface area contributed by atoms with Gasteiger partial charge in [-0.25, -0.2) is 0 Å². The van der Waals surface area contributed by atoms with Gasteiger partial charge in [0.25, 0.3) is 0 Å². The zero-order valence-corrected chi connectivity index (χ0v) is 8.48. The third-order valence-corrected chi connectivity index (χ3v) is 0. The average Bonchev–Trinajstić information content (AvgIpc) is 0.811. The van der Waals surface area contributed by atoms with Gasteiger partial charge < -0.3 is 23.3 Å². The molecule has 26 valence electrons. The Morgan fingerprint density at radius 2 is 1.20 bits per heavy atom. The summed E-state index contributed by atoms with van der Waals surface area (Å²) in [4.78, 5) is 25.4. The monoisotopic (exact) mass is 166 g/mol. The van der Waals surface area contributed by atoms with Crippen molar-refractivity contribution < 1.29 is 75.7 Å². The zero-order valence-electron chi connectivity index (χ0n) is 4.67. The van der Waals surface area contributed by atoms with Crippen molar-refractivity contribution >= 4 is 8.60 Å². The van der Waals surface area contributed by atoms with E-state index in [9.17, 15) is 0 Å². The van der Waals surface area contributed by atoms with Gasteiger partial charge in [0.2, 0.25) is 0 Å². The molecule has 0 aliphatic rings. The van der Waals surface area contributed by atoms with Gasteiger partial charge in [-0.1, -0.05) is 0 Å². The summed E-state index contributed by atoms with van der Waals surface area (Å²) in [7, 11) is -3.37. The van der Waals surface area contributed by atoms with Crippen molar-refractivity contribution in [1.82, 2.24) is 0 Å². The fourth-order valence-corrected chi connectivity index (χ4v) is 0. The summed E-state index contributed by atoms with van der Waals surface area (Å²) in [5.41, 5.74) is 0. The maximum absolute atomic E-state index is 8.48. The molecule has 0 aromatic heterocycles. The van der Waals surface area contributed by atoms with Crippen molar-refractivity contribution in [2.24, 2.45) is 0 Å². The van der Waals surface area contributed by atoms with Crippen molar-refractivity contribution in [3.05, 3.63) is 0 Å². The van der Waals surface area contributed by atoms with Gasteiger partial charge in [0.15, 0.2) is 0 Å². The fourth-order valence-electron chi connectivity index (χ4n) is 0. The van der Waals surface area contributed by atoms with E-state index in [1.807, 2.05) is 0 Å². The second kappa shape index (κ2) is 6.12. The molecule has 0 amide bonds. The van der Waals surface area contributed by atoms with Gasteiger partial charge in [0.05, 0.1) is 0 Å². The molecule has 0 aromatic rings. The Hall–Kier alpha value is 2.12. The Morgan fingerprint density at radius 1 is 1.20 bits per heavy atom. The molecule has 0 aliphatic carbocycles. The first-order valence-corrected chi connectivity index (χ1v) is 1.64. The molecule has 5 heavy (non-hydrogen) atoms. The second-order valence-corrected chi connectivity index (χ2v) is 0.671. The average molecular weight is 166 g/mol. The van der Waals surface area contributed by atoms with Crippen molar-refractivity contribution in [1.29, 1.82) is 0 Å². The summed E-state index contributed by atoms with van der Waals surface area (Å²) < 4.78 is 0. The molecule has 0 unspecified atom stereocenters. The Balaban J connectivity index is -0.0000000150. The molecule has 0 N–H and O–H groups in total. The fraction of sp³-hybridized carbons (Fsp3) is 0. The van der Waals surface area contributed by atoms with Crippen LogP contribution in [0.25, 0.3) is 0 Å². The first-order valence-electron chi connectivity index (χ1n) is 0.548. The van der Waals surface area contributed by atoms with E-state index >= 15 is 0 Å². The van der Waals surface area contributed by atoms with Crippen LogP contribution in [0.15, 0.2) is 0 Å². The van der Waals surface area contributed by atoms with Gasteiger partial charge in [-0.2, -0.15) is 0 Å². The van der Waals surface area contributed by atoms with Gasteiger partial charge in [0, 0.05) is 0 Å². The first kappa shape index (κ1) is 10.2. The van der Waals surface area contributed by atoms with Crippen LogP contribution in [0.1, 0.15) is 2.85 Å². The van der Waals surface area contributed by atoms with Crippen LogP contribution in [0.5, 0.6) is 0 Å². The summed E-state index contributed by atoms with van der Waals surface area (Å²) in [5.74, 6) is 0. The van der Waals surface area contributed by atoms with E-state index in [0.29, 0.717) is 0 Å². The Labute approximate surface area is 82.8 Å². The number of hydrogen-bond donors (Lipinski definition) is 0. The molecule has 0 heterocycles. The molecule has 0 aromatic carbocycles. The molecule has 0 spiro atoms. The van der Waals surface area contributed by atoms with Crippen LogP contribution in [0, 0.1) is 0 Å². The normalized spacial score (nSPS) is 7.20. The zero-order chi connectivity index (χ0) is 3.58. The smallest absolute Gasteiger partial charge is 0.854 e. The Bertz CT molecular complexity index is 17.7. The summed E-state index contributed by atoms with van der Waals surface area (Å²) in [6.45, 7) is 0. The summed E-state index contributed by atoms with van der Waals surface area (Å²) in [6, 6.07) is 0. The molecular weight excluding hydrogens is 164 g/mol. The van der Waals surface area contributed by atoms with E-state index in [2.05, 4.69) is 0 Å². The molecule has 0 radical (unpaired) electrons. The molecule has 0 saturated heterocycles. The molecule has 0 rings (SSSR count). The van der Waals surface area contributed by atoms with Crippen LogP contribution in [-0.4, -0.2) is 0 Å². The van der Waals surface area contributed by atoms with Gasteiger partial charge in [-0.05, 0) is 0 Å². The van der Waals surface area contributed by atoms with Crippen LogP contribution in [0.4, 0.5) is 0 Å². The minimum atomic E-state index is -3.37. The van der Waals surface area contributed by atoms with Crippen molar-refractivity contribution in [3.63, 3.8) is 0 Å². The summed E-state index contributed by atoms with van der Waals surface area (Å²) in [6.07, 6.45) is 0. The van der Waals surface area contributed by atoms with Crippen LogP contribution in [0.3, 0.4) is 0 Å². The van der Waals surface area contributed by atoms with Crippen LogP contribution < -0.4 is 72.9 Å². The molecule has 0 saturated carbocycles. The van der Waals surface area contributed by atoms with Gasteiger partial charge in [-0.3, -0.25) is 0 Å². The minimum Gasteiger partial charge on any atom is -0.854 e. The number of hydrogen-bond acceptors (Lipinski definition) is 3. The van der Waals surface area contributed by atoms with Crippen LogP contribution in [0.2, 0.25) is 0 Å². The maximum atomic E-state index is 8.48. The molecule has 0 fully saturated rings. The van der Waals surface area contributed by atoms with E-state index < -0.39 is 8.60 Å². The largest absolute Gasteiger partial charge is 1.00 e. The van der Waals surface area contributed by atoms with E-state index in [1.165, 1.54) is 0 Å². The third kappa shape index (κ3) is 23.1. The van der Waals surface area contributed by atoms with Crippen molar-refractivity contribution in [2.75, 3.05) is 0 Å². The topological polar surface area (TPSA) is 69.2 Å². The van der Waals surface area contributed by atoms with Gasteiger partial charge in [-0.15, -0.1) is 0 Å². The number of rotatable bonds is 0. The van der Waals surface area contributed by atoms with Gasteiger partial charge in [0.1, 0.15) is 0 Å². The molecule has 5 heteroatoms. The van der Waals surface area contributed by atoms with Crippen molar-refractivity contribution in [3.8, 4) is 0 Å². The quantitative estimate of drug-likeness (QED) is 0.337. The molecule has 3 nitrogen and oxygen atoms in total. The molecular formula is H2O3PRb. The SMILES string of the molecule is [H+].[H+].[O-]P([O-])[O-].[Rb+]. The molecule has 0 aliphatic heterocycles. The maximum Gasteiger partial charge on any atom is 1.00 e. The van der Waals surface area contributed by atoms with Gasteiger partial charge >= 0.3 is 61.0 Å². The first-order chi connectivity index (χ1) is 1.73. The van der Waals surface area contributed by atoms with Crippen LogP contribution >= 0.6 is 8.60 Å². The Kier molecular flexibility index (Phi) is 12.4. The van der Waals surface area contributed by atoms with Crippen molar-refractivity contribution in [2.45, 2.75) is 0 Å². The molecule has 0 atom stereocenters. The third-order valence-electron chi connectivity index (χ3n) is 0. The Morgan fingerprint density at radius 3 is 1.20 bits per heavy atom. The minimum absolute atomic E-state index is 0. The van der Waals surface area contributed by atoms with E-state index in [0.717, 1.165) is 0 Å². The standard InChI is InChI=1S/O3P.Rb/c1-4(2)3;/q-3;+1/p+2. The predicted molar refractivity (Wildman–Crippen MR) is 9.14 cm³/mol. The predicted octanol–water partition coefficient (Wildman–Crippen LogP) is -5.48. The summed E-state index contributed by atoms with van der Waals surface area (Å²) >= 11 is 0. The molecule has 0 bridgehead atoms. The van der Waals surface area contributed by atoms with Crippen LogP contribution in [-0.2, 0) is 0 Å². The summed E-state index contributed by atoms with van der Waals surface area (Å²) in [5, 5.41) is 0. The van der Waals surface area contributed by atoms with E-state index in [-0.39, 0.29) is 61.0 Å².